The van der Waals surface area contributed by atoms with E-state index < -0.39 is 5.91 Å². The summed E-state index contributed by atoms with van der Waals surface area (Å²) in [6.07, 6.45) is 6.04. The topological polar surface area (TPSA) is 85.8 Å². The van der Waals surface area contributed by atoms with E-state index >= 15 is 0 Å². The minimum atomic E-state index is -0.588. The fraction of sp³-hybridized carbons (Fsp3) is 0.190. The van der Waals surface area contributed by atoms with Crippen molar-refractivity contribution in [1.29, 1.82) is 0 Å². The third kappa shape index (κ3) is 7.40. The number of hydroxylamine groups is 1. The van der Waals surface area contributed by atoms with Crippen molar-refractivity contribution in [3.8, 4) is 0 Å². The zero-order valence-electron chi connectivity index (χ0n) is 15.9. The molecule has 1 saturated heterocycles. The minimum Gasteiger partial charge on any atom is -0.368 e. The molecule has 3 rings (SSSR count). The highest BCUT2D eigenvalue weighted by Gasteiger charge is 2.19. The van der Waals surface area contributed by atoms with Gasteiger partial charge in [0.1, 0.15) is 0 Å². The largest absolute Gasteiger partial charge is 0.368 e. The number of rotatable bonds is 4. The lowest BCUT2D eigenvalue weighted by Gasteiger charge is -2.35. The number of benzene rings is 1. The van der Waals surface area contributed by atoms with Crippen molar-refractivity contribution in [2.45, 2.75) is 0 Å². The average molecular weight is 415 g/mol. The predicted molar refractivity (Wildman–Crippen MR) is 114 cm³/mol. The summed E-state index contributed by atoms with van der Waals surface area (Å²) >= 11 is 6.04. The molecule has 0 saturated carbocycles. The molecule has 0 spiro atoms. The Morgan fingerprint density at radius 3 is 2.45 bits per heavy atom. The highest BCUT2D eigenvalue weighted by molar-refractivity contribution is 6.30. The Labute approximate surface area is 174 Å². The van der Waals surface area contributed by atoms with E-state index in [9.17, 15) is 9.59 Å². The van der Waals surface area contributed by atoms with Gasteiger partial charge in [-0.3, -0.25) is 19.8 Å². The number of hydrogen-bond acceptors (Lipinski definition) is 5. The third-order valence-electron chi connectivity index (χ3n) is 4.14. The number of piperazine rings is 1. The van der Waals surface area contributed by atoms with Crippen molar-refractivity contribution in [1.82, 2.24) is 15.4 Å². The van der Waals surface area contributed by atoms with Crippen LogP contribution in [0.25, 0.3) is 6.08 Å². The van der Waals surface area contributed by atoms with Gasteiger partial charge in [0.05, 0.1) is 5.69 Å². The van der Waals surface area contributed by atoms with Crippen molar-refractivity contribution >= 4 is 35.2 Å². The molecular weight excluding hydrogens is 392 g/mol. The lowest BCUT2D eigenvalue weighted by molar-refractivity contribution is -0.126. The van der Waals surface area contributed by atoms with Crippen LogP contribution in [0.3, 0.4) is 0 Å². The molecule has 1 aromatic carbocycles. The normalized spacial score (nSPS) is 13.4. The molecule has 2 amide bonds. The maximum atomic E-state index is 12.2. The van der Waals surface area contributed by atoms with Crippen LogP contribution >= 0.6 is 11.6 Å². The van der Waals surface area contributed by atoms with Crippen LogP contribution in [0.2, 0.25) is 5.02 Å². The van der Waals surface area contributed by atoms with Gasteiger partial charge in [-0.15, -0.1) is 0 Å². The number of carbonyl (C=O) groups is 2. The molecule has 0 bridgehead atoms. The second-order valence-electron chi connectivity index (χ2n) is 6.06. The summed E-state index contributed by atoms with van der Waals surface area (Å²) in [5, 5.41) is 8.40. The highest BCUT2D eigenvalue weighted by Crippen LogP contribution is 2.20. The lowest BCUT2D eigenvalue weighted by Crippen LogP contribution is -2.48. The van der Waals surface area contributed by atoms with E-state index in [2.05, 4.69) is 16.5 Å². The SMILES string of the molecule is C=CC(=O)NO.O=C(/C=C/c1ccccn1)N1CCN(c2cccc(Cl)c2)CC1. The predicted octanol–water partition coefficient (Wildman–Crippen LogP) is 2.77. The van der Waals surface area contributed by atoms with Crippen molar-refractivity contribution in [3.05, 3.63) is 78.1 Å². The summed E-state index contributed by atoms with van der Waals surface area (Å²) in [6, 6.07) is 13.5. The number of amides is 2. The number of carbonyl (C=O) groups excluding carboxylic acids is 2. The molecule has 0 aliphatic carbocycles. The summed E-state index contributed by atoms with van der Waals surface area (Å²) in [7, 11) is 0. The van der Waals surface area contributed by atoms with Crippen molar-refractivity contribution in [2.75, 3.05) is 31.1 Å². The van der Waals surface area contributed by atoms with Gasteiger partial charge in [0.2, 0.25) is 5.91 Å². The van der Waals surface area contributed by atoms with Gasteiger partial charge >= 0.3 is 0 Å². The standard InChI is InChI=1S/C18H18ClN3O.C3H5NO2/c19-15-4-3-6-17(14-15)21-10-12-22(13-11-21)18(23)8-7-16-5-1-2-9-20-16;1-2-3(5)4-6/h1-9,14H,10-13H2;2,6H,1H2,(H,4,5)/b8-7+;. The van der Waals surface area contributed by atoms with E-state index in [0.29, 0.717) is 13.1 Å². The Bertz CT molecular complexity index is 850. The van der Waals surface area contributed by atoms with Gasteiger partial charge in [-0.25, -0.2) is 5.48 Å². The Hall–Kier alpha value is -3.16. The molecule has 8 heteroatoms. The minimum absolute atomic E-state index is 0.0291. The van der Waals surface area contributed by atoms with Crippen molar-refractivity contribution < 1.29 is 14.8 Å². The van der Waals surface area contributed by atoms with Crippen LogP contribution in [0.15, 0.2) is 67.4 Å². The first-order valence-electron chi connectivity index (χ1n) is 8.98. The molecule has 1 aliphatic rings. The van der Waals surface area contributed by atoms with Crippen LogP contribution in [0.5, 0.6) is 0 Å². The van der Waals surface area contributed by atoms with E-state index in [4.69, 9.17) is 16.8 Å². The van der Waals surface area contributed by atoms with E-state index in [0.717, 1.165) is 35.6 Å². The van der Waals surface area contributed by atoms with Crippen LogP contribution in [-0.4, -0.2) is 53.1 Å². The molecule has 29 heavy (non-hydrogen) atoms. The molecule has 1 aromatic heterocycles. The van der Waals surface area contributed by atoms with Crippen LogP contribution in [0.4, 0.5) is 5.69 Å². The summed E-state index contributed by atoms with van der Waals surface area (Å²) in [6.45, 7) is 6.09. The number of nitrogens with zero attached hydrogens (tertiary/aromatic N) is 3. The average Bonchev–Trinajstić information content (AvgIpc) is 2.78. The number of aromatic nitrogens is 1. The first-order valence-corrected chi connectivity index (χ1v) is 9.36. The zero-order valence-corrected chi connectivity index (χ0v) is 16.6. The molecule has 1 fully saturated rings. The number of pyridine rings is 1. The number of anilines is 1. The van der Waals surface area contributed by atoms with Crippen LogP contribution in [-0.2, 0) is 9.59 Å². The van der Waals surface area contributed by atoms with Crippen molar-refractivity contribution in [3.63, 3.8) is 0 Å². The molecule has 152 valence electrons. The Kier molecular flexibility index (Phi) is 8.88. The van der Waals surface area contributed by atoms with Gasteiger partial charge < -0.3 is 9.80 Å². The molecule has 0 radical (unpaired) electrons. The molecule has 0 atom stereocenters. The van der Waals surface area contributed by atoms with Gasteiger partial charge in [-0.1, -0.05) is 30.3 Å². The third-order valence-corrected chi connectivity index (χ3v) is 4.38. The highest BCUT2D eigenvalue weighted by atomic mass is 35.5. The summed E-state index contributed by atoms with van der Waals surface area (Å²) < 4.78 is 0. The van der Waals surface area contributed by atoms with Crippen molar-refractivity contribution in [2.24, 2.45) is 0 Å². The molecule has 7 nitrogen and oxygen atoms in total. The van der Waals surface area contributed by atoms with Gasteiger partial charge in [0, 0.05) is 49.2 Å². The Balaban J connectivity index is 0.000000438. The number of nitrogens with one attached hydrogen (secondary N) is 1. The first-order chi connectivity index (χ1) is 14.0. The van der Waals surface area contributed by atoms with Gasteiger partial charge in [0.25, 0.3) is 5.91 Å². The fourth-order valence-electron chi connectivity index (χ4n) is 2.64. The Morgan fingerprint density at radius 1 is 1.14 bits per heavy atom. The van der Waals surface area contributed by atoms with Crippen LogP contribution in [0, 0.1) is 0 Å². The molecule has 2 N–H and O–H groups in total. The quantitative estimate of drug-likeness (QED) is 0.456. The smallest absolute Gasteiger partial charge is 0.266 e. The summed E-state index contributed by atoms with van der Waals surface area (Å²) in [5.41, 5.74) is 3.25. The van der Waals surface area contributed by atoms with Crippen LogP contribution in [0.1, 0.15) is 5.69 Å². The van der Waals surface area contributed by atoms with E-state index in [1.54, 1.807) is 18.3 Å². The lowest BCUT2D eigenvalue weighted by atomic mass is 10.2. The zero-order chi connectivity index (χ0) is 21.1. The summed E-state index contributed by atoms with van der Waals surface area (Å²) in [4.78, 5) is 30.2. The second kappa shape index (κ2) is 11.6. The number of halogens is 1. The molecule has 2 aromatic rings. The van der Waals surface area contributed by atoms with E-state index in [-0.39, 0.29) is 5.91 Å². The van der Waals surface area contributed by atoms with E-state index in [1.165, 1.54) is 5.48 Å². The molecule has 1 aliphatic heterocycles. The molecule has 0 unspecified atom stereocenters. The van der Waals surface area contributed by atoms with Gasteiger partial charge in [-0.05, 0) is 42.5 Å². The maximum Gasteiger partial charge on any atom is 0.266 e. The van der Waals surface area contributed by atoms with E-state index in [1.807, 2.05) is 47.4 Å². The maximum absolute atomic E-state index is 12.2. The summed E-state index contributed by atoms with van der Waals surface area (Å²) in [5.74, 6) is -0.559. The number of hydrogen-bond donors (Lipinski definition) is 2. The molecular formula is C21H23ClN4O3. The fourth-order valence-corrected chi connectivity index (χ4v) is 2.82. The Morgan fingerprint density at radius 2 is 1.90 bits per heavy atom. The monoisotopic (exact) mass is 414 g/mol. The molecule has 2 heterocycles. The van der Waals surface area contributed by atoms with Crippen LogP contribution < -0.4 is 10.4 Å². The van der Waals surface area contributed by atoms with Gasteiger partial charge in [0.15, 0.2) is 0 Å². The van der Waals surface area contributed by atoms with Gasteiger partial charge in [-0.2, -0.15) is 0 Å². The first kappa shape index (κ1) is 22.1. The second-order valence-corrected chi connectivity index (χ2v) is 6.50.